The molecule has 2 nitrogen and oxygen atoms in total. The standard InChI is InChI=1S/C21H20O2S/c22-24(23,17-10-5-2-6-11-17)21-19-12-7-13-20(21)18(19)15-14-16-8-3-1-4-9-16/h1-6,8-11,18-21H,7,12-13H2. The van der Waals surface area contributed by atoms with Crippen LogP contribution in [0, 0.1) is 29.6 Å². The Balaban J connectivity index is 1.60. The van der Waals surface area contributed by atoms with E-state index in [0.717, 1.165) is 24.8 Å². The van der Waals surface area contributed by atoms with Crippen LogP contribution in [0.15, 0.2) is 65.6 Å². The molecular formula is C21H20O2S. The lowest BCUT2D eigenvalue weighted by atomic mass is 9.57. The van der Waals surface area contributed by atoms with Crippen LogP contribution in [0.2, 0.25) is 0 Å². The van der Waals surface area contributed by atoms with Crippen LogP contribution in [0.4, 0.5) is 0 Å². The van der Waals surface area contributed by atoms with Gasteiger partial charge in [0.2, 0.25) is 0 Å². The third kappa shape index (κ3) is 2.56. The maximum absolute atomic E-state index is 13.0. The molecule has 2 aliphatic rings. The smallest absolute Gasteiger partial charge is 0.181 e. The topological polar surface area (TPSA) is 34.1 Å². The van der Waals surface area contributed by atoms with Gasteiger partial charge in [0.05, 0.1) is 10.1 Å². The van der Waals surface area contributed by atoms with Crippen LogP contribution >= 0.6 is 0 Å². The second-order valence-electron chi connectivity index (χ2n) is 6.74. The summed E-state index contributed by atoms with van der Waals surface area (Å²) in [5, 5.41) is -0.247. The Morgan fingerprint density at radius 2 is 1.42 bits per heavy atom. The van der Waals surface area contributed by atoms with Gasteiger partial charge in [0.25, 0.3) is 0 Å². The minimum absolute atomic E-state index is 0.185. The summed E-state index contributed by atoms with van der Waals surface area (Å²) in [6, 6.07) is 18.8. The van der Waals surface area contributed by atoms with E-state index in [4.69, 9.17) is 0 Å². The van der Waals surface area contributed by atoms with Crippen LogP contribution in [-0.2, 0) is 9.84 Å². The highest BCUT2D eigenvalue weighted by atomic mass is 32.2. The van der Waals surface area contributed by atoms with Crippen molar-refractivity contribution in [2.45, 2.75) is 29.4 Å². The zero-order chi connectivity index (χ0) is 16.6. The SMILES string of the molecule is O=S(=O)(c1ccccc1)C1C2CCCC1C2C#Cc1ccccc1. The molecule has 2 fully saturated rings. The fourth-order valence-electron chi connectivity index (χ4n) is 4.30. The van der Waals surface area contributed by atoms with Gasteiger partial charge in [-0.25, -0.2) is 8.42 Å². The average Bonchev–Trinajstić information content (AvgIpc) is 2.63. The van der Waals surface area contributed by atoms with Crippen molar-refractivity contribution in [1.82, 2.24) is 0 Å². The van der Waals surface area contributed by atoms with Crippen molar-refractivity contribution in [3.63, 3.8) is 0 Å². The van der Waals surface area contributed by atoms with Crippen molar-refractivity contribution in [2.75, 3.05) is 0 Å². The summed E-state index contributed by atoms with van der Waals surface area (Å²) >= 11 is 0. The minimum atomic E-state index is -3.25. The predicted octanol–water partition coefficient (Wildman–Crippen LogP) is 3.93. The molecule has 2 atom stereocenters. The van der Waals surface area contributed by atoms with Crippen molar-refractivity contribution in [1.29, 1.82) is 0 Å². The van der Waals surface area contributed by atoms with E-state index >= 15 is 0 Å². The molecule has 3 heteroatoms. The number of fused-ring (bicyclic) bond motifs is 2. The van der Waals surface area contributed by atoms with E-state index in [1.165, 1.54) is 0 Å². The van der Waals surface area contributed by atoms with E-state index in [9.17, 15) is 8.42 Å². The molecule has 0 aromatic heterocycles. The lowest BCUT2D eigenvalue weighted by molar-refractivity contribution is 0.0629. The molecule has 2 bridgehead atoms. The Morgan fingerprint density at radius 1 is 0.833 bits per heavy atom. The van der Waals surface area contributed by atoms with E-state index in [0.29, 0.717) is 4.90 Å². The predicted molar refractivity (Wildman–Crippen MR) is 95.1 cm³/mol. The van der Waals surface area contributed by atoms with E-state index in [1.54, 1.807) is 24.3 Å². The van der Waals surface area contributed by atoms with Crippen molar-refractivity contribution >= 4 is 9.84 Å². The van der Waals surface area contributed by atoms with E-state index in [-0.39, 0.29) is 23.0 Å². The molecule has 0 saturated heterocycles. The molecule has 2 saturated carbocycles. The zero-order valence-electron chi connectivity index (χ0n) is 13.4. The van der Waals surface area contributed by atoms with Crippen LogP contribution in [0.3, 0.4) is 0 Å². The van der Waals surface area contributed by atoms with Gasteiger partial charge in [-0.15, -0.1) is 0 Å². The Bertz CT molecular complexity index is 864. The van der Waals surface area contributed by atoms with E-state index < -0.39 is 9.84 Å². The van der Waals surface area contributed by atoms with Crippen molar-refractivity contribution < 1.29 is 8.42 Å². The fourth-order valence-corrected chi connectivity index (χ4v) is 6.69. The lowest BCUT2D eigenvalue weighted by Crippen LogP contribution is -2.57. The highest BCUT2D eigenvalue weighted by molar-refractivity contribution is 7.92. The van der Waals surface area contributed by atoms with E-state index in [1.807, 2.05) is 36.4 Å². The number of benzene rings is 2. The molecular weight excluding hydrogens is 316 g/mol. The van der Waals surface area contributed by atoms with Crippen LogP contribution < -0.4 is 0 Å². The molecule has 0 spiro atoms. The van der Waals surface area contributed by atoms with Gasteiger partial charge in [-0.2, -0.15) is 0 Å². The monoisotopic (exact) mass is 336 g/mol. The molecule has 0 amide bonds. The quantitative estimate of drug-likeness (QED) is 0.779. The van der Waals surface area contributed by atoms with Crippen molar-refractivity contribution in [3.05, 3.63) is 66.2 Å². The van der Waals surface area contributed by atoms with Gasteiger partial charge in [0, 0.05) is 11.5 Å². The Morgan fingerprint density at radius 3 is 2.04 bits per heavy atom. The molecule has 2 aromatic rings. The Hall–Kier alpha value is -2.05. The number of hydrogen-bond donors (Lipinski definition) is 0. The average molecular weight is 336 g/mol. The number of hydrogen-bond acceptors (Lipinski definition) is 2. The molecule has 2 aliphatic carbocycles. The number of sulfone groups is 1. The maximum atomic E-state index is 13.0. The largest absolute Gasteiger partial charge is 0.223 e. The minimum Gasteiger partial charge on any atom is -0.223 e. The van der Waals surface area contributed by atoms with Gasteiger partial charge in [-0.05, 0) is 48.9 Å². The summed E-state index contributed by atoms with van der Waals surface area (Å²) in [6.45, 7) is 0. The molecule has 0 radical (unpaired) electrons. The molecule has 2 aromatic carbocycles. The normalized spacial score (nSPS) is 28.3. The summed E-state index contributed by atoms with van der Waals surface area (Å²) in [7, 11) is -3.25. The Labute approximate surface area is 143 Å². The first-order chi connectivity index (χ1) is 11.7. The van der Waals surface area contributed by atoms with Crippen molar-refractivity contribution in [2.24, 2.45) is 17.8 Å². The third-order valence-electron chi connectivity index (χ3n) is 5.43. The first-order valence-corrected chi connectivity index (χ1v) is 10.1. The third-order valence-corrected chi connectivity index (χ3v) is 7.77. The highest BCUT2D eigenvalue weighted by Gasteiger charge is 2.57. The van der Waals surface area contributed by atoms with Gasteiger partial charge in [0.15, 0.2) is 9.84 Å². The molecule has 4 rings (SSSR count). The second-order valence-corrected chi connectivity index (χ2v) is 8.85. The fraction of sp³-hybridized carbons (Fsp3) is 0.333. The van der Waals surface area contributed by atoms with Gasteiger partial charge >= 0.3 is 0 Å². The molecule has 2 unspecified atom stereocenters. The van der Waals surface area contributed by atoms with Crippen LogP contribution in [0.1, 0.15) is 24.8 Å². The summed E-state index contributed by atoms with van der Waals surface area (Å²) in [6.07, 6.45) is 3.07. The number of rotatable bonds is 2. The lowest BCUT2D eigenvalue weighted by Gasteiger charge is -2.53. The summed E-state index contributed by atoms with van der Waals surface area (Å²) < 4.78 is 26.0. The molecule has 0 heterocycles. The van der Waals surface area contributed by atoms with Gasteiger partial charge < -0.3 is 0 Å². The molecule has 24 heavy (non-hydrogen) atoms. The van der Waals surface area contributed by atoms with Gasteiger partial charge in [-0.1, -0.05) is 54.7 Å². The summed E-state index contributed by atoms with van der Waals surface area (Å²) in [5.41, 5.74) is 1.00. The zero-order valence-corrected chi connectivity index (χ0v) is 14.2. The first-order valence-electron chi connectivity index (χ1n) is 8.53. The molecule has 0 aliphatic heterocycles. The van der Waals surface area contributed by atoms with Gasteiger partial charge in [0.1, 0.15) is 0 Å². The highest BCUT2D eigenvalue weighted by Crippen LogP contribution is 2.54. The second kappa shape index (κ2) is 6.11. The summed E-state index contributed by atoms with van der Waals surface area (Å²) in [4.78, 5) is 0.460. The van der Waals surface area contributed by atoms with Gasteiger partial charge in [-0.3, -0.25) is 0 Å². The summed E-state index contributed by atoms with van der Waals surface area (Å²) in [5.74, 6) is 7.21. The Kier molecular flexibility index (Phi) is 3.94. The molecule has 0 N–H and O–H groups in total. The first kappa shape index (κ1) is 15.5. The van der Waals surface area contributed by atoms with Crippen LogP contribution in [-0.4, -0.2) is 13.7 Å². The van der Waals surface area contributed by atoms with E-state index in [2.05, 4.69) is 11.8 Å². The van der Waals surface area contributed by atoms with Crippen LogP contribution in [0.25, 0.3) is 0 Å². The van der Waals surface area contributed by atoms with Crippen LogP contribution in [0.5, 0.6) is 0 Å². The van der Waals surface area contributed by atoms with Crippen molar-refractivity contribution in [3.8, 4) is 11.8 Å². The molecule has 122 valence electrons. The maximum Gasteiger partial charge on any atom is 0.181 e.